The minimum atomic E-state index is 0.726. The normalized spacial score (nSPS) is 20.5. The van der Waals surface area contributed by atoms with Gasteiger partial charge in [0, 0.05) is 24.2 Å². The number of hydrogen-bond acceptors (Lipinski definition) is 2. The lowest BCUT2D eigenvalue weighted by atomic mass is 10.0. The van der Waals surface area contributed by atoms with E-state index in [1.54, 1.807) is 0 Å². The molecule has 0 fully saturated rings. The molecule has 0 spiro atoms. The molecule has 0 amide bonds. The minimum absolute atomic E-state index is 0.726. The molecule has 0 N–H and O–H groups in total. The summed E-state index contributed by atoms with van der Waals surface area (Å²) in [6.45, 7) is 16.8. The highest BCUT2D eigenvalue weighted by Gasteiger charge is 2.11. The van der Waals surface area contributed by atoms with E-state index in [9.17, 15) is 0 Å². The van der Waals surface area contributed by atoms with Gasteiger partial charge in [-0.05, 0) is 69.9 Å². The maximum Gasteiger partial charge on any atom is 0.0388 e. The van der Waals surface area contributed by atoms with E-state index in [-0.39, 0.29) is 0 Å². The van der Waals surface area contributed by atoms with Gasteiger partial charge in [0.25, 0.3) is 0 Å². The van der Waals surface area contributed by atoms with Crippen LogP contribution >= 0.6 is 0 Å². The van der Waals surface area contributed by atoms with Crippen LogP contribution < -0.4 is 0 Å². The largest absolute Gasteiger partial charge is 0.352 e. The van der Waals surface area contributed by atoms with Crippen molar-refractivity contribution < 1.29 is 0 Å². The number of allylic oxidation sites excluding steroid dienone is 4. The highest BCUT2D eigenvalue weighted by molar-refractivity contribution is 5.59. The first kappa shape index (κ1) is 21.7. The van der Waals surface area contributed by atoms with Gasteiger partial charge >= 0.3 is 0 Å². The maximum absolute atomic E-state index is 4.81. The Balaban J connectivity index is 2.50. The first-order valence-corrected chi connectivity index (χ1v) is 10.3. The molecule has 142 valence electrons. The summed E-state index contributed by atoms with van der Waals surface area (Å²) in [5.41, 5.74) is 3.97. The number of nitrogens with zero attached hydrogens (tertiary/aromatic N) is 2. The van der Waals surface area contributed by atoms with Crippen molar-refractivity contribution in [3.05, 3.63) is 35.8 Å². The Morgan fingerprint density at radius 2 is 2.12 bits per heavy atom. The van der Waals surface area contributed by atoms with Gasteiger partial charge in [0.2, 0.25) is 0 Å². The van der Waals surface area contributed by atoms with Crippen LogP contribution in [0.5, 0.6) is 0 Å². The second kappa shape index (κ2) is 12.1. The second-order valence-corrected chi connectivity index (χ2v) is 7.77. The van der Waals surface area contributed by atoms with E-state index in [2.05, 4.69) is 64.6 Å². The van der Waals surface area contributed by atoms with Crippen LogP contribution in [0.3, 0.4) is 0 Å². The first-order chi connectivity index (χ1) is 12.0. The van der Waals surface area contributed by atoms with Crippen LogP contribution in [-0.4, -0.2) is 17.7 Å². The lowest BCUT2D eigenvalue weighted by molar-refractivity contribution is 0.405. The molecule has 2 nitrogen and oxygen atoms in total. The van der Waals surface area contributed by atoms with Gasteiger partial charge in [-0.3, -0.25) is 4.99 Å². The molecule has 1 aliphatic rings. The lowest BCUT2D eigenvalue weighted by Gasteiger charge is -2.22. The van der Waals surface area contributed by atoms with E-state index in [4.69, 9.17) is 4.99 Å². The Bertz CT molecular complexity index is 484. The van der Waals surface area contributed by atoms with Gasteiger partial charge < -0.3 is 4.90 Å². The van der Waals surface area contributed by atoms with Gasteiger partial charge in [0.15, 0.2) is 0 Å². The quantitative estimate of drug-likeness (QED) is 0.386. The molecule has 0 aromatic rings. The maximum atomic E-state index is 4.81. The summed E-state index contributed by atoms with van der Waals surface area (Å²) in [6, 6.07) is 0. The van der Waals surface area contributed by atoms with E-state index in [0.717, 1.165) is 50.5 Å². The number of hydrogen-bond donors (Lipinski definition) is 0. The fraction of sp³-hybridized carbons (Fsp3) is 0.696. The van der Waals surface area contributed by atoms with Crippen molar-refractivity contribution in [2.45, 2.75) is 86.0 Å². The van der Waals surface area contributed by atoms with Crippen molar-refractivity contribution in [3.63, 3.8) is 0 Å². The Kier molecular flexibility index (Phi) is 10.5. The van der Waals surface area contributed by atoms with Crippen molar-refractivity contribution in [1.29, 1.82) is 0 Å². The van der Waals surface area contributed by atoms with Crippen LogP contribution in [0.1, 0.15) is 86.0 Å². The van der Waals surface area contributed by atoms with Crippen molar-refractivity contribution >= 4 is 6.21 Å². The van der Waals surface area contributed by atoms with Crippen LogP contribution in [0.4, 0.5) is 0 Å². The third-order valence-corrected chi connectivity index (χ3v) is 5.45. The van der Waals surface area contributed by atoms with E-state index in [0.29, 0.717) is 0 Å². The van der Waals surface area contributed by atoms with E-state index in [1.165, 1.54) is 36.2 Å². The van der Waals surface area contributed by atoms with Crippen molar-refractivity contribution in [1.82, 2.24) is 4.90 Å². The SMILES string of the molecule is C=C(CCCC(/N=C\C[C@@H](C)CC)=C(\C)CC)N1C=CCC(C)CC1. The topological polar surface area (TPSA) is 15.6 Å². The van der Waals surface area contributed by atoms with Crippen molar-refractivity contribution in [2.24, 2.45) is 16.8 Å². The molecule has 1 aliphatic heterocycles. The molecule has 25 heavy (non-hydrogen) atoms. The van der Waals surface area contributed by atoms with Gasteiger partial charge in [-0.25, -0.2) is 0 Å². The van der Waals surface area contributed by atoms with E-state index >= 15 is 0 Å². The molecule has 0 saturated heterocycles. The van der Waals surface area contributed by atoms with Crippen LogP contribution in [0.2, 0.25) is 0 Å². The van der Waals surface area contributed by atoms with Crippen LogP contribution in [0.15, 0.2) is 40.8 Å². The third-order valence-electron chi connectivity index (χ3n) is 5.45. The zero-order valence-corrected chi connectivity index (χ0v) is 17.4. The average molecular weight is 345 g/mol. The van der Waals surface area contributed by atoms with Crippen molar-refractivity contribution in [3.8, 4) is 0 Å². The molecule has 1 rings (SSSR count). The van der Waals surface area contributed by atoms with Gasteiger partial charge in [-0.1, -0.05) is 52.3 Å². The molecule has 0 aromatic heterocycles. The molecule has 1 heterocycles. The third kappa shape index (κ3) is 8.56. The second-order valence-electron chi connectivity index (χ2n) is 7.77. The predicted octanol–water partition coefficient (Wildman–Crippen LogP) is 7.11. The molecule has 2 atom stereocenters. The monoisotopic (exact) mass is 344 g/mol. The van der Waals surface area contributed by atoms with Crippen molar-refractivity contribution in [2.75, 3.05) is 6.54 Å². The number of aliphatic imine (C=N–C) groups is 1. The Hall–Kier alpha value is -1.31. The smallest absolute Gasteiger partial charge is 0.0388 e. The molecule has 0 bridgehead atoms. The summed E-state index contributed by atoms with van der Waals surface area (Å²) in [6.07, 6.45) is 15.8. The molecule has 0 saturated carbocycles. The van der Waals surface area contributed by atoms with Gasteiger partial charge in [0.05, 0.1) is 0 Å². The molecular formula is C23H40N2. The van der Waals surface area contributed by atoms with Crippen LogP contribution in [0.25, 0.3) is 0 Å². The summed E-state index contributed by atoms with van der Waals surface area (Å²) in [7, 11) is 0. The summed E-state index contributed by atoms with van der Waals surface area (Å²) in [5, 5.41) is 0. The average Bonchev–Trinajstić information content (AvgIpc) is 2.83. The lowest BCUT2D eigenvalue weighted by Crippen LogP contribution is -2.17. The predicted molar refractivity (Wildman–Crippen MR) is 113 cm³/mol. The molecular weight excluding hydrogens is 304 g/mol. The van der Waals surface area contributed by atoms with Crippen LogP contribution in [0, 0.1) is 11.8 Å². The van der Waals surface area contributed by atoms with Crippen LogP contribution in [-0.2, 0) is 0 Å². The fourth-order valence-corrected chi connectivity index (χ4v) is 2.94. The minimum Gasteiger partial charge on any atom is -0.352 e. The van der Waals surface area contributed by atoms with E-state index < -0.39 is 0 Å². The summed E-state index contributed by atoms with van der Waals surface area (Å²) in [4.78, 5) is 7.17. The number of rotatable bonds is 10. The molecule has 2 heteroatoms. The van der Waals surface area contributed by atoms with Gasteiger partial charge in [-0.2, -0.15) is 0 Å². The summed E-state index contributed by atoms with van der Waals surface area (Å²) < 4.78 is 0. The van der Waals surface area contributed by atoms with Gasteiger partial charge in [-0.15, -0.1) is 0 Å². The fourth-order valence-electron chi connectivity index (χ4n) is 2.94. The Morgan fingerprint density at radius 1 is 1.36 bits per heavy atom. The van der Waals surface area contributed by atoms with Gasteiger partial charge in [0.1, 0.15) is 0 Å². The molecule has 1 unspecified atom stereocenters. The first-order valence-electron chi connectivity index (χ1n) is 10.3. The zero-order valence-electron chi connectivity index (χ0n) is 17.4. The summed E-state index contributed by atoms with van der Waals surface area (Å²) in [5.74, 6) is 1.51. The molecule has 0 aliphatic carbocycles. The zero-order chi connectivity index (χ0) is 18.7. The Labute approximate surface area is 156 Å². The standard InChI is InChI=1S/C23H40N2/c1-7-19(3)14-16-24-23(21(5)8-2)13-9-12-22(6)25-17-10-11-20(4)15-18-25/h10,16-17,19-20H,6-9,11-15,18H2,1-5H3/b23-21-,24-16-/t19-,20?/m0/s1. The highest BCUT2D eigenvalue weighted by atomic mass is 15.1. The molecule has 0 radical (unpaired) electrons. The van der Waals surface area contributed by atoms with E-state index in [1.807, 2.05) is 0 Å². The summed E-state index contributed by atoms with van der Waals surface area (Å²) >= 11 is 0. The Morgan fingerprint density at radius 3 is 2.80 bits per heavy atom. The highest BCUT2D eigenvalue weighted by Crippen LogP contribution is 2.22. The molecule has 0 aromatic carbocycles.